The van der Waals surface area contributed by atoms with Gasteiger partial charge in [0.2, 0.25) is 0 Å². The minimum Gasteiger partial charge on any atom is -0.377 e. The number of nitro benzene ring substituents is 1. The van der Waals surface area contributed by atoms with Crippen molar-refractivity contribution < 1.29 is 9.72 Å². The molecule has 0 atom stereocenters. The van der Waals surface area contributed by atoms with E-state index in [1.807, 2.05) is 0 Å². The van der Waals surface area contributed by atoms with Crippen LogP contribution in [0, 0.1) is 17.0 Å². The smallest absolute Gasteiger partial charge is 0.269 e. The summed E-state index contributed by atoms with van der Waals surface area (Å²) in [6.07, 6.45) is 0. The van der Waals surface area contributed by atoms with Crippen LogP contribution in [0.15, 0.2) is 42.5 Å². The normalized spacial score (nSPS) is 10.2. The first-order valence-corrected chi connectivity index (χ1v) is 6.63. The number of Topliss-reactive ketones (excluding diaryl/α,β-unsaturated/α-hetero) is 1. The third kappa shape index (κ3) is 3.79. The van der Waals surface area contributed by atoms with Crippen LogP contribution in [0.2, 0.25) is 5.02 Å². The molecule has 0 radical (unpaired) electrons. The monoisotopic (exact) mass is 304 g/mol. The van der Waals surface area contributed by atoms with E-state index < -0.39 is 4.92 Å². The zero-order chi connectivity index (χ0) is 15.4. The van der Waals surface area contributed by atoms with Crippen LogP contribution in [-0.4, -0.2) is 17.3 Å². The number of hydrogen-bond donors (Lipinski definition) is 1. The molecule has 0 saturated heterocycles. The largest absolute Gasteiger partial charge is 0.377 e. The molecule has 2 rings (SSSR count). The van der Waals surface area contributed by atoms with E-state index in [0.717, 1.165) is 0 Å². The van der Waals surface area contributed by atoms with Gasteiger partial charge in [0.1, 0.15) is 0 Å². The number of halogens is 1. The number of nitrogens with one attached hydrogen (secondary N) is 1. The maximum Gasteiger partial charge on any atom is 0.269 e. The van der Waals surface area contributed by atoms with Gasteiger partial charge in [0.05, 0.1) is 11.5 Å². The number of benzene rings is 2. The number of anilines is 1. The van der Waals surface area contributed by atoms with Crippen LogP contribution < -0.4 is 5.32 Å². The quantitative estimate of drug-likeness (QED) is 0.517. The predicted octanol–water partition coefficient (Wildman–Crippen LogP) is 3.85. The minimum absolute atomic E-state index is 0.0297. The highest BCUT2D eigenvalue weighted by Gasteiger charge is 2.10. The zero-order valence-electron chi connectivity index (χ0n) is 11.3. The first kappa shape index (κ1) is 15.0. The van der Waals surface area contributed by atoms with Crippen molar-refractivity contribution in [3.8, 4) is 0 Å². The van der Waals surface area contributed by atoms with E-state index in [1.54, 1.807) is 37.3 Å². The van der Waals surface area contributed by atoms with Gasteiger partial charge in [-0.05, 0) is 42.8 Å². The molecule has 21 heavy (non-hydrogen) atoms. The molecule has 2 aromatic rings. The Morgan fingerprint density at radius 1 is 1.24 bits per heavy atom. The molecule has 0 heterocycles. The Bertz CT molecular complexity index is 684. The van der Waals surface area contributed by atoms with Crippen LogP contribution in [0.3, 0.4) is 0 Å². The molecule has 0 aliphatic heterocycles. The van der Waals surface area contributed by atoms with Crippen LogP contribution in [0.1, 0.15) is 15.9 Å². The molecule has 0 unspecified atom stereocenters. The number of nitrogens with zero attached hydrogens (tertiary/aromatic N) is 1. The van der Waals surface area contributed by atoms with Crippen molar-refractivity contribution in [3.05, 3.63) is 68.7 Å². The van der Waals surface area contributed by atoms with Crippen molar-refractivity contribution in [2.24, 2.45) is 0 Å². The second kappa shape index (κ2) is 6.37. The first-order valence-electron chi connectivity index (χ1n) is 6.25. The fourth-order valence-corrected chi connectivity index (χ4v) is 2.00. The predicted molar refractivity (Wildman–Crippen MR) is 82.1 cm³/mol. The van der Waals surface area contributed by atoms with E-state index in [-0.39, 0.29) is 18.0 Å². The van der Waals surface area contributed by atoms with Crippen molar-refractivity contribution in [2.75, 3.05) is 11.9 Å². The maximum atomic E-state index is 12.0. The van der Waals surface area contributed by atoms with Gasteiger partial charge in [0.15, 0.2) is 5.78 Å². The molecule has 6 heteroatoms. The standard InChI is InChI=1S/C15H13ClN2O3/c1-10-8-13(18(20)21)6-7-14(10)17-9-15(19)11-2-4-12(16)5-3-11/h2-8,17H,9H2,1H3. The molecule has 1 N–H and O–H groups in total. The van der Waals surface area contributed by atoms with E-state index in [2.05, 4.69) is 5.32 Å². The van der Waals surface area contributed by atoms with Crippen molar-refractivity contribution in [1.82, 2.24) is 0 Å². The lowest BCUT2D eigenvalue weighted by Gasteiger charge is -2.08. The molecule has 0 fully saturated rings. The van der Waals surface area contributed by atoms with E-state index in [0.29, 0.717) is 21.8 Å². The molecule has 0 saturated carbocycles. The van der Waals surface area contributed by atoms with Gasteiger partial charge in [-0.2, -0.15) is 0 Å². The van der Waals surface area contributed by atoms with E-state index in [1.165, 1.54) is 12.1 Å². The lowest BCUT2D eigenvalue weighted by Crippen LogP contribution is -2.14. The second-order valence-electron chi connectivity index (χ2n) is 4.54. The number of ketones is 1. The van der Waals surface area contributed by atoms with Crippen LogP contribution in [0.5, 0.6) is 0 Å². The lowest BCUT2D eigenvalue weighted by atomic mass is 10.1. The number of non-ortho nitro benzene ring substituents is 1. The molecular weight excluding hydrogens is 292 g/mol. The van der Waals surface area contributed by atoms with Crippen LogP contribution in [0.4, 0.5) is 11.4 Å². The van der Waals surface area contributed by atoms with E-state index in [4.69, 9.17) is 11.6 Å². The van der Waals surface area contributed by atoms with Crippen molar-refractivity contribution in [3.63, 3.8) is 0 Å². The summed E-state index contributed by atoms with van der Waals surface area (Å²) in [4.78, 5) is 22.2. The highest BCUT2D eigenvalue weighted by atomic mass is 35.5. The fraction of sp³-hybridized carbons (Fsp3) is 0.133. The topological polar surface area (TPSA) is 72.2 Å². The van der Waals surface area contributed by atoms with Gasteiger partial charge in [-0.3, -0.25) is 14.9 Å². The molecule has 2 aromatic carbocycles. The molecule has 0 spiro atoms. The summed E-state index contributed by atoms with van der Waals surface area (Å²) in [7, 11) is 0. The summed E-state index contributed by atoms with van der Waals surface area (Å²) in [6, 6.07) is 11.1. The maximum absolute atomic E-state index is 12.0. The highest BCUT2D eigenvalue weighted by molar-refractivity contribution is 6.30. The van der Waals surface area contributed by atoms with Gasteiger partial charge < -0.3 is 5.32 Å². The summed E-state index contributed by atoms with van der Waals surface area (Å²) in [6.45, 7) is 1.86. The lowest BCUT2D eigenvalue weighted by molar-refractivity contribution is -0.384. The summed E-state index contributed by atoms with van der Waals surface area (Å²) in [5.41, 5.74) is 2.00. The van der Waals surface area contributed by atoms with Gasteiger partial charge in [-0.15, -0.1) is 0 Å². The average Bonchev–Trinajstić information content (AvgIpc) is 2.46. The fourth-order valence-electron chi connectivity index (χ4n) is 1.87. The zero-order valence-corrected chi connectivity index (χ0v) is 12.1. The molecule has 0 bridgehead atoms. The number of carbonyl (C=O) groups is 1. The van der Waals surface area contributed by atoms with Gasteiger partial charge >= 0.3 is 0 Å². The molecule has 0 amide bonds. The number of carbonyl (C=O) groups excluding carboxylic acids is 1. The molecule has 0 aliphatic carbocycles. The van der Waals surface area contributed by atoms with Gasteiger partial charge in [-0.1, -0.05) is 11.6 Å². The number of hydrogen-bond acceptors (Lipinski definition) is 4. The number of aryl methyl sites for hydroxylation is 1. The molecule has 0 aromatic heterocycles. The summed E-state index contributed by atoms with van der Waals surface area (Å²) >= 11 is 5.77. The number of rotatable bonds is 5. The van der Waals surface area contributed by atoms with Crippen molar-refractivity contribution in [1.29, 1.82) is 0 Å². The van der Waals surface area contributed by atoms with Gasteiger partial charge in [0, 0.05) is 28.4 Å². The summed E-state index contributed by atoms with van der Waals surface area (Å²) in [5.74, 6) is -0.0792. The average molecular weight is 305 g/mol. The Labute approximate surface area is 126 Å². The third-order valence-corrected chi connectivity index (χ3v) is 3.28. The summed E-state index contributed by atoms with van der Waals surface area (Å²) < 4.78 is 0. The molecule has 108 valence electrons. The Hall–Kier alpha value is -2.40. The first-order chi connectivity index (χ1) is 9.97. The SMILES string of the molecule is Cc1cc([N+](=O)[O-])ccc1NCC(=O)c1ccc(Cl)cc1. The number of nitro groups is 1. The molecule has 0 aliphatic rings. The Balaban J connectivity index is 2.04. The second-order valence-corrected chi connectivity index (χ2v) is 4.98. The Morgan fingerprint density at radius 3 is 2.48 bits per heavy atom. The Morgan fingerprint density at radius 2 is 1.90 bits per heavy atom. The molecule has 5 nitrogen and oxygen atoms in total. The molecular formula is C15H13ClN2O3. The van der Waals surface area contributed by atoms with E-state index >= 15 is 0 Å². The van der Waals surface area contributed by atoms with Crippen LogP contribution in [-0.2, 0) is 0 Å². The Kier molecular flexibility index (Phi) is 4.55. The van der Waals surface area contributed by atoms with Crippen molar-refractivity contribution in [2.45, 2.75) is 6.92 Å². The van der Waals surface area contributed by atoms with Gasteiger partial charge in [-0.25, -0.2) is 0 Å². The van der Waals surface area contributed by atoms with E-state index in [9.17, 15) is 14.9 Å². The third-order valence-electron chi connectivity index (χ3n) is 3.03. The minimum atomic E-state index is -0.449. The van der Waals surface area contributed by atoms with Crippen molar-refractivity contribution >= 4 is 28.8 Å². The van der Waals surface area contributed by atoms with Crippen LogP contribution in [0.25, 0.3) is 0 Å². The summed E-state index contributed by atoms with van der Waals surface area (Å²) in [5, 5.41) is 14.2. The highest BCUT2D eigenvalue weighted by Crippen LogP contribution is 2.21. The van der Waals surface area contributed by atoms with Gasteiger partial charge in [0.25, 0.3) is 5.69 Å². The van der Waals surface area contributed by atoms with Crippen LogP contribution >= 0.6 is 11.6 Å².